The number of hydrogen-bond acceptors (Lipinski definition) is 4. The SMILES string of the molecule is [2H]c1c([2H])c([2H])c(-c2nc(-c3ccc4oc5ccc(-n6c7ccccc7c7ccc(-c8ccccc8)cc76)cc5c4c3)nc(-n3c4ccccc4c4ccccc43)n2)c([2H])c1[2H]. The third kappa shape index (κ3) is 4.94. The van der Waals surface area contributed by atoms with Crippen LogP contribution >= 0.6 is 0 Å². The molecule has 0 atom stereocenters. The number of furan rings is 1. The van der Waals surface area contributed by atoms with Gasteiger partial charge >= 0.3 is 0 Å². The molecule has 12 rings (SSSR count). The minimum absolute atomic E-state index is 0.0375. The molecular formula is C51H31N5O. The van der Waals surface area contributed by atoms with Crippen molar-refractivity contribution >= 4 is 65.6 Å². The first-order chi connectivity index (χ1) is 30.3. The Labute approximate surface area is 333 Å². The summed E-state index contributed by atoms with van der Waals surface area (Å²) in [7, 11) is 0. The predicted octanol–water partition coefficient (Wildman–Crippen LogP) is 13.0. The van der Waals surface area contributed by atoms with E-state index in [1.54, 1.807) is 0 Å². The molecule has 0 spiro atoms. The van der Waals surface area contributed by atoms with Gasteiger partial charge in [0.15, 0.2) is 11.6 Å². The molecule has 0 bridgehead atoms. The Kier molecular flexibility index (Phi) is 5.82. The molecule has 8 aromatic carbocycles. The van der Waals surface area contributed by atoms with Crippen LogP contribution in [0.4, 0.5) is 0 Å². The highest BCUT2D eigenvalue weighted by Gasteiger charge is 2.20. The molecule has 4 aromatic heterocycles. The highest BCUT2D eigenvalue weighted by molar-refractivity contribution is 6.12. The van der Waals surface area contributed by atoms with Crippen molar-refractivity contribution in [3.05, 3.63) is 188 Å². The molecule has 0 aliphatic rings. The summed E-state index contributed by atoms with van der Waals surface area (Å²) in [6.45, 7) is 0. The maximum absolute atomic E-state index is 8.87. The van der Waals surface area contributed by atoms with Crippen LogP contribution in [-0.4, -0.2) is 24.1 Å². The number of rotatable bonds is 5. The van der Waals surface area contributed by atoms with E-state index in [4.69, 9.17) is 26.2 Å². The zero-order valence-corrected chi connectivity index (χ0v) is 30.2. The smallest absolute Gasteiger partial charge is 0.238 e. The molecule has 4 heterocycles. The Bertz CT molecular complexity index is 3750. The molecule has 0 saturated heterocycles. The van der Waals surface area contributed by atoms with Gasteiger partial charge in [0.2, 0.25) is 5.95 Å². The van der Waals surface area contributed by atoms with E-state index in [9.17, 15) is 0 Å². The molecule has 6 heteroatoms. The van der Waals surface area contributed by atoms with E-state index in [1.807, 2.05) is 83.4 Å². The van der Waals surface area contributed by atoms with Gasteiger partial charge in [0.1, 0.15) is 11.2 Å². The van der Waals surface area contributed by atoms with E-state index in [-0.39, 0.29) is 23.2 Å². The minimum Gasteiger partial charge on any atom is -0.456 e. The highest BCUT2D eigenvalue weighted by atomic mass is 16.3. The lowest BCUT2D eigenvalue weighted by molar-refractivity contribution is 0.669. The zero-order chi connectivity index (χ0) is 41.8. The average Bonchev–Trinajstić information content (AvgIpc) is 3.97. The lowest BCUT2D eigenvalue weighted by atomic mass is 10.0. The zero-order valence-electron chi connectivity index (χ0n) is 35.2. The molecule has 0 unspecified atom stereocenters. The van der Waals surface area contributed by atoms with E-state index in [2.05, 4.69) is 83.4 Å². The van der Waals surface area contributed by atoms with Crippen molar-refractivity contribution in [3.8, 4) is 45.5 Å². The van der Waals surface area contributed by atoms with E-state index in [0.29, 0.717) is 16.7 Å². The van der Waals surface area contributed by atoms with Crippen molar-refractivity contribution in [1.82, 2.24) is 24.1 Å². The molecule has 266 valence electrons. The lowest BCUT2D eigenvalue weighted by Gasteiger charge is -2.11. The molecule has 0 aliphatic carbocycles. The second-order valence-electron chi connectivity index (χ2n) is 14.1. The van der Waals surface area contributed by atoms with Crippen molar-refractivity contribution in [2.45, 2.75) is 0 Å². The van der Waals surface area contributed by atoms with Crippen molar-refractivity contribution in [1.29, 1.82) is 0 Å². The average molecular weight is 735 g/mol. The number of nitrogens with zero attached hydrogens (tertiary/aromatic N) is 5. The van der Waals surface area contributed by atoms with Crippen LogP contribution in [0, 0.1) is 0 Å². The minimum atomic E-state index is -0.491. The van der Waals surface area contributed by atoms with Crippen LogP contribution in [0.25, 0.3) is 111 Å². The Morgan fingerprint density at radius 2 is 0.947 bits per heavy atom. The fraction of sp³-hybridized carbons (Fsp3) is 0. The maximum atomic E-state index is 8.87. The molecule has 12 aromatic rings. The number of fused-ring (bicyclic) bond motifs is 9. The quantitative estimate of drug-likeness (QED) is 0.177. The number of benzene rings is 8. The third-order valence-corrected chi connectivity index (χ3v) is 10.9. The van der Waals surface area contributed by atoms with Crippen LogP contribution in [0.3, 0.4) is 0 Å². The normalized spacial score (nSPS) is 13.1. The standard InChI is InChI=1S/C51H31N5O/c1-3-13-32(14-4-1)34-23-26-40-39-19-7-10-20-43(39)55(46(40)30-34)36-25-28-48-42(31-36)41-29-35(24-27-47(41)57-48)50-52-49(33-15-5-2-6-16-33)53-51(54-50)56-44-21-11-8-17-37(44)38-18-9-12-22-45(38)56/h1-31H/i2D,5D,6D,15D,16D. The van der Waals surface area contributed by atoms with Gasteiger partial charge in [0.25, 0.3) is 0 Å². The van der Waals surface area contributed by atoms with Gasteiger partial charge in [-0.2, -0.15) is 9.97 Å². The van der Waals surface area contributed by atoms with Gasteiger partial charge in [-0.05, 0) is 71.8 Å². The van der Waals surface area contributed by atoms with E-state index < -0.39 is 30.2 Å². The second kappa shape index (κ2) is 12.3. The summed E-state index contributed by atoms with van der Waals surface area (Å²) < 4.78 is 53.6. The molecule has 6 nitrogen and oxygen atoms in total. The highest BCUT2D eigenvalue weighted by Crippen LogP contribution is 2.39. The molecule has 0 fully saturated rings. The van der Waals surface area contributed by atoms with Gasteiger partial charge in [-0.25, -0.2) is 4.98 Å². The predicted molar refractivity (Wildman–Crippen MR) is 232 cm³/mol. The summed E-state index contributed by atoms with van der Waals surface area (Å²) in [6.07, 6.45) is 0. The van der Waals surface area contributed by atoms with Crippen LogP contribution < -0.4 is 0 Å². The summed E-state index contributed by atoms with van der Waals surface area (Å²) in [5.41, 5.74) is 9.03. The van der Waals surface area contributed by atoms with Crippen molar-refractivity contribution < 1.29 is 11.3 Å². The van der Waals surface area contributed by atoms with Crippen LogP contribution in [-0.2, 0) is 0 Å². The summed E-state index contributed by atoms with van der Waals surface area (Å²) in [6, 6.07) is 51.2. The van der Waals surface area contributed by atoms with Crippen molar-refractivity contribution in [2.75, 3.05) is 0 Å². The fourth-order valence-electron chi connectivity index (χ4n) is 8.31. The van der Waals surface area contributed by atoms with Gasteiger partial charge in [0, 0.05) is 49.1 Å². The first kappa shape index (κ1) is 26.9. The first-order valence-electron chi connectivity index (χ1n) is 21.2. The summed E-state index contributed by atoms with van der Waals surface area (Å²) in [4.78, 5) is 14.8. The number of aromatic nitrogens is 5. The molecule has 57 heavy (non-hydrogen) atoms. The maximum Gasteiger partial charge on any atom is 0.238 e. The second-order valence-corrected chi connectivity index (χ2v) is 14.1. The lowest BCUT2D eigenvalue weighted by Crippen LogP contribution is -2.06. The number of para-hydroxylation sites is 3. The van der Waals surface area contributed by atoms with Crippen LogP contribution in [0.1, 0.15) is 6.85 Å². The van der Waals surface area contributed by atoms with E-state index in [1.165, 1.54) is 0 Å². The van der Waals surface area contributed by atoms with Gasteiger partial charge in [-0.15, -0.1) is 0 Å². The van der Waals surface area contributed by atoms with E-state index >= 15 is 0 Å². The van der Waals surface area contributed by atoms with E-state index in [0.717, 1.165) is 71.2 Å². The first-order valence-corrected chi connectivity index (χ1v) is 18.7. The summed E-state index contributed by atoms with van der Waals surface area (Å²) in [5.74, 6) is 0.473. The van der Waals surface area contributed by atoms with Gasteiger partial charge in [-0.3, -0.25) is 4.57 Å². The summed E-state index contributed by atoms with van der Waals surface area (Å²) in [5, 5.41) is 6.04. The fourth-order valence-corrected chi connectivity index (χ4v) is 8.31. The molecule has 0 amide bonds. The molecular weight excluding hydrogens is 699 g/mol. The van der Waals surface area contributed by atoms with Crippen LogP contribution in [0.15, 0.2) is 192 Å². The largest absolute Gasteiger partial charge is 0.456 e. The Morgan fingerprint density at radius 1 is 0.386 bits per heavy atom. The molecule has 0 radical (unpaired) electrons. The van der Waals surface area contributed by atoms with Gasteiger partial charge in [-0.1, -0.05) is 127 Å². The van der Waals surface area contributed by atoms with Crippen molar-refractivity contribution in [3.63, 3.8) is 0 Å². The topological polar surface area (TPSA) is 61.7 Å². The number of hydrogen-bond donors (Lipinski definition) is 0. The van der Waals surface area contributed by atoms with Crippen LogP contribution in [0.2, 0.25) is 0 Å². The van der Waals surface area contributed by atoms with Gasteiger partial charge < -0.3 is 8.98 Å². The Balaban J connectivity index is 1.08. The molecule has 0 N–H and O–H groups in total. The molecule has 0 aliphatic heterocycles. The monoisotopic (exact) mass is 734 g/mol. The molecule has 0 saturated carbocycles. The third-order valence-electron chi connectivity index (χ3n) is 10.9. The van der Waals surface area contributed by atoms with Gasteiger partial charge in [0.05, 0.1) is 28.9 Å². The van der Waals surface area contributed by atoms with Crippen molar-refractivity contribution in [2.24, 2.45) is 0 Å². The Morgan fingerprint density at radius 3 is 1.65 bits per heavy atom. The summed E-state index contributed by atoms with van der Waals surface area (Å²) >= 11 is 0. The van der Waals surface area contributed by atoms with Crippen LogP contribution in [0.5, 0.6) is 0 Å². The Hall–Kier alpha value is -7.83.